The van der Waals surface area contributed by atoms with Gasteiger partial charge < -0.3 is 46.1 Å². The molecule has 0 saturated carbocycles. The molecule has 702 valence electrons. The van der Waals surface area contributed by atoms with E-state index in [9.17, 15) is 80.9 Å². The first-order valence-electron chi connectivity index (χ1n) is 41.0. The van der Waals surface area contributed by atoms with Crippen LogP contribution in [0.5, 0.6) is 40.2 Å². The van der Waals surface area contributed by atoms with E-state index in [0.717, 1.165) is 164 Å². The third-order valence-corrected chi connectivity index (χ3v) is 22.4. The number of nitrogen functional groups attached to an aromatic ring is 1. The monoisotopic (exact) mass is 2160 g/mol. The summed E-state index contributed by atoms with van der Waals surface area (Å²) in [5, 5.41) is 110. The average molecular weight is 2170 g/mol. The van der Waals surface area contributed by atoms with Crippen molar-refractivity contribution >= 4 is 236 Å². The van der Waals surface area contributed by atoms with Crippen molar-refractivity contribution in [2.45, 2.75) is 40.2 Å². The van der Waals surface area contributed by atoms with Crippen LogP contribution in [0.1, 0.15) is 69.4 Å². The molecule has 2 aromatic heterocycles. The van der Waals surface area contributed by atoms with Gasteiger partial charge in [0.2, 0.25) is 17.4 Å². The quantitative estimate of drug-likeness (QED) is 0.0128. The highest BCUT2D eigenvalue weighted by atomic mass is 79.9. The lowest BCUT2D eigenvalue weighted by Crippen LogP contribution is -2.10. The average Bonchev–Trinajstić information content (AvgIpc) is 1.54. The number of aromatic hydroxyl groups is 5. The van der Waals surface area contributed by atoms with Crippen LogP contribution in [-0.4, -0.2) is 115 Å². The molecule has 0 aliphatic rings. The molecule has 0 saturated heterocycles. The van der Waals surface area contributed by atoms with Crippen molar-refractivity contribution in [1.29, 1.82) is 0 Å². The van der Waals surface area contributed by atoms with Crippen LogP contribution in [0.4, 0.5) is 73.9 Å². The molecular weight excluding hydrogens is 2090 g/mol. The Morgan fingerprint density at radius 3 is 1.59 bits per heavy atom. The van der Waals surface area contributed by atoms with Crippen molar-refractivity contribution < 1.29 is 64.4 Å². The smallest absolute Gasteiger partial charge is 0.312 e. The van der Waals surface area contributed by atoms with Crippen molar-refractivity contribution in [2.75, 3.05) is 18.2 Å². The molecule has 0 aliphatic carbocycles. The third-order valence-electron chi connectivity index (χ3n) is 19.4. The Kier molecular flexibility index (Phi) is 36.9. The number of halogens is 5. The lowest BCUT2D eigenvalue weighted by Gasteiger charge is -2.11. The number of thiazole rings is 1. The first-order chi connectivity index (χ1) is 66.6. The molecule has 40 heteroatoms. The topological polar surface area (TPSA) is 503 Å². The minimum Gasteiger partial charge on any atom is -0.506 e. The Hall–Kier alpha value is -16.3. The van der Waals surface area contributed by atoms with E-state index in [1.807, 2.05) is 191 Å². The van der Waals surface area contributed by atoms with Gasteiger partial charge in [0.15, 0.2) is 16.0 Å². The summed E-state index contributed by atoms with van der Waals surface area (Å²) in [7, 11) is 1.51. The fraction of sp³-hybridized carbons (Fsp3) is 0.0707. The number of rotatable bonds is 24. The molecule has 34 nitrogen and oxygen atoms in total. The minimum atomic E-state index is -0.762. The number of anilines is 2. The Bertz CT molecular complexity index is 7450. The van der Waals surface area contributed by atoms with E-state index in [0.29, 0.717) is 43.4 Å². The zero-order chi connectivity index (χ0) is 99.9. The summed E-state index contributed by atoms with van der Waals surface area (Å²) in [6.07, 6.45) is 12.3. The second-order valence-corrected chi connectivity index (χ2v) is 34.5. The van der Waals surface area contributed by atoms with E-state index in [1.165, 1.54) is 48.8 Å². The molecule has 0 atom stereocenters. The third kappa shape index (κ3) is 30.1. The summed E-state index contributed by atoms with van der Waals surface area (Å²) in [6, 6.07) is 76.8. The number of hydrogen-bond acceptors (Lipinski definition) is 29. The predicted molar refractivity (Wildman–Crippen MR) is 557 cm³/mol. The van der Waals surface area contributed by atoms with Crippen LogP contribution in [0.15, 0.2) is 321 Å². The second-order valence-electron chi connectivity index (χ2n) is 29.2. The van der Waals surface area contributed by atoms with Crippen molar-refractivity contribution in [1.82, 2.24) is 15.0 Å². The van der Waals surface area contributed by atoms with E-state index in [2.05, 4.69) is 132 Å². The lowest BCUT2D eigenvalue weighted by molar-refractivity contribution is -0.386. The van der Waals surface area contributed by atoms with Crippen molar-refractivity contribution in [3.63, 3.8) is 0 Å². The number of carbonyl (C=O) groups is 1. The van der Waals surface area contributed by atoms with Gasteiger partial charge >= 0.3 is 11.4 Å². The Morgan fingerprint density at radius 2 is 0.978 bits per heavy atom. The zero-order valence-electron chi connectivity index (χ0n) is 73.2. The minimum absolute atomic E-state index is 0.0111. The number of nitro groups is 5. The number of phenols is 5. The highest BCUT2D eigenvalue weighted by molar-refractivity contribution is 9.11. The van der Waals surface area contributed by atoms with Crippen LogP contribution in [0.2, 0.25) is 4.47 Å². The van der Waals surface area contributed by atoms with Gasteiger partial charge in [-0.2, -0.15) is 0 Å². The van der Waals surface area contributed by atoms with Crippen LogP contribution >= 0.6 is 86.7 Å². The number of nitrogens with two attached hydrogens (primary N) is 1. The molecule has 16 rings (SSSR count). The fourth-order valence-electron chi connectivity index (χ4n) is 12.4. The van der Waals surface area contributed by atoms with Gasteiger partial charge in [-0.3, -0.25) is 85.3 Å². The number of aromatic nitrogens is 3. The number of non-ortho nitro benzene ring substituents is 2. The standard InChI is InChI=1S/C21H14BrClN2OS.C18H16BrN3O2.C17H13N3O2.C17H18N2O.2C13H8BrN3O6/c22-15-6-8-16(9-7-15)24-12-19-18-4-2-1-3-14(18)5-10-20(19)26-13-17-11-25-21(23)27-17;1-10-11(2)22-16-8-14(4-5-15(16)21-10)20-9-12-6-13(19)7-17(24-3)18(12)23;18-16-8-7-15(10-17(16)20(21)22)19-11-12-5-6-13-3-1-2-4-14(13)9-12;1-2-6-17(20)19-16-11-9-15(10-12-16)18-13-14-7-4-3-5-8-14;14-8-3-7(13(19)11(4-8)17(22)23)6-15-10-5-9(16(20)21)1-2-12(10)18;14-8-3-7(13(19)11(4-8)17(22)23)6-15-10-2-1-9(16(20)21)5-12(10)18/h1-12H,13H2;4-9,23H,1-3H3;1-11H,18H2;3-5,7-13H,2,6H2,1H3,(H,19,20);2*1-6,18-19H. The number of methoxy groups -OCH3 is 1. The normalized spacial score (nSPS) is 11.0. The molecule has 1 amide bonds. The molecule has 0 aliphatic heterocycles. The number of nitrogens with zero attached hydrogens (tertiary/aromatic N) is 14. The van der Waals surface area contributed by atoms with Crippen LogP contribution in [-0.2, 0) is 11.4 Å². The number of nitrogens with one attached hydrogen (secondary N) is 1. The van der Waals surface area contributed by atoms with Gasteiger partial charge in [0.1, 0.15) is 40.9 Å². The maximum atomic E-state index is 11.5. The van der Waals surface area contributed by atoms with E-state index >= 15 is 0 Å². The zero-order valence-corrected chi connectivity index (χ0v) is 81.2. The highest BCUT2D eigenvalue weighted by Crippen LogP contribution is 2.40. The first-order valence-corrected chi connectivity index (χ1v) is 45.4. The van der Waals surface area contributed by atoms with E-state index < -0.39 is 53.2 Å². The maximum Gasteiger partial charge on any atom is 0.312 e. The Labute approximate surface area is 833 Å². The van der Waals surface area contributed by atoms with Crippen LogP contribution in [0, 0.1) is 64.4 Å². The van der Waals surface area contributed by atoms with Gasteiger partial charge in [-0.25, -0.2) is 15.0 Å². The largest absolute Gasteiger partial charge is 0.506 e. The number of benzene rings is 14. The number of aryl methyl sites for hydroxylation is 2. The molecule has 0 radical (unpaired) electrons. The fourth-order valence-corrected chi connectivity index (χ4v) is 14.9. The molecule has 0 spiro atoms. The van der Waals surface area contributed by atoms with Gasteiger partial charge in [-0.1, -0.05) is 179 Å². The highest BCUT2D eigenvalue weighted by Gasteiger charge is 2.22. The summed E-state index contributed by atoms with van der Waals surface area (Å²) in [5.41, 5.74) is 14.7. The van der Waals surface area contributed by atoms with Crippen molar-refractivity contribution in [2.24, 2.45) is 30.0 Å². The summed E-state index contributed by atoms with van der Waals surface area (Å²) in [5.74, 6) is -0.657. The number of carbonyl (C=O) groups excluding carboxylic acids is 1. The number of hydrogen-bond donors (Lipinski definition) is 7. The van der Waals surface area contributed by atoms with Crippen LogP contribution in [0.3, 0.4) is 0 Å². The number of nitro benzene ring substituents is 5. The number of aliphatic imine (C=N–C) groups is 6. The molecule has 14 aromatic carbocycles. The van der Waals surface area contributed by atoms with Crippen LogP contribution < -0.4 is 20.5 Å². The van der Waals surface area contributed by atoms with Gasteiger partial charge in [0, 0.05) is 132 Å². The molecule has 8 N–H and O–H groups in total. The molecular formula is C99H77Br4ClN16O18S. The van der Waals surface area contributed by atoms with Crippen LogP contribution in [0.25, 0.3) is 32.6 Å². The molecule has 2 heterocycles. The van der Waals surface area contributed by atoms with E-state index in [4.69, 9.17) is 26.8 Å². The molecule has 16 aromatic rings. The summed E-state index contributed by atoms with van der Waals surface area (Å²) in [4.78, 5) is 101. The molecule has 0 unspecified atom stereocenters. The summed E-state index contributed by atoms with van der Waals surface area (Å²) >= 11 is 20.3. The summed E-state index contributed by atoms with van der Waals surface area (Å²) < 4.78 is 14.2. The van der Waals surface area contributed by atoms with E-state index in [-0.39, 0.29) is 62.7 Å². The second kappa shape index (κ2) is 49.8. The number of ether oxygens (including phenoxy) is 2. The number of phenolic OH excluding ortho intramolecular Hbond substituents is 5. The Balaban J connectivity index is 0.000000160. The molecule has 0 bridgehead atoms. The molecule has 139 heavy (non-hydrogen) atoms. The number of fused-ring (bicyclic) bond motifs is 3. The van der Waals surface area contributed by atoms with Gasteiger partial charge in [0.25, 0.3) is 17.1 Å². The SMILES string of the molecule is CCCC(=O)Nc1ccc(N=Cc2ccccc2)cc1.COc1cc(Br)cc(C=Nc2ccc3nc(C)c(C)nc3c2)c1O.Clc1ncc(COc2ccc3ccccc3c2C=Nc2ccc(Br)cc2)s1.Nc1ccc(N=Cc2ccc3ccccc3c2)cc1[N+](=O)[O-].O=[N+]([O-])c1ccc(N=Cc2cc(Br)cc([N+](=O)[O-])c2O)c(O)c1.O=[N+]([O-])c1ccc(O)c(N=Cc2cc(Br)cc([N+](=O)[O-])c2O)c1. The first kappa shape index (κ1) is 103. The Morgan fingerprint density at radius 1 is 0.460 bits per heavy atom. The van der Waals surface area contributed by atoms with E-state index in [1.54, 1.807) is 36.8 Å². The van der Waals surface area contributed by atoms with Gasteiger partial charge in [-0.15, -0.1) is 11.3 Å². The maximum absolute atomic E-state index is 11.5. The summed E-state index contributed by atoms with van der Waals surface area (Å²) in [6.45, 7) is 6.28. The van der Waals surface area contributed by atoms with Gasteiger partial charge in [0.05, 0.1) is 87.8 Å². The number of amides is 1. The molecule has 0 fully saturated rings. The van der Waals surface area contributed by atoms with Crippen molar-refractivity contribution in [3.8, 4) is 40.2 Å². The lowest BCUT2D eigenvalue weighted by atomic mass is 10.0. The predicted octanol–water partition coefficient (Wildman–Crippen LogP) is 26.6. The van der Waals surface area contributed by atoms with Gasteiger partial charge in [-0.05, 0) is 180 Å². The van der Waals surface area contributed by atoms with Crippen molar-refractivity contribution in [3.05, 3.63) is 396 Å².